The minimum Gasteiger partial charge on any atom is -0.493 e. The van der Waals surface area contributed by atoms with Gasteiger partial charge in [0.25, 0.3) is 5.91 Å². The Bertz CT molecular complexity index is 1040. The number of methoxy groups -OCH3 is 2. The van der Waals surface area contributed by atoms with Gasteiger partial charge in [0.15, 0.2) is 17.3 Å². The summed E-state index contributed by atoms with van der Waals surface area (Å²) in [6, 6.07) is 16.5. The van der Waals surface area contributed by atoms with Crippen LogP contribution in [0.4, 0.5) is 0 Å². The minimum absolute atomic E-state index is 0.207. The topological polar surface area (TPSA) is 77.8 Å². The number of amides is 1. The van der Waals surface area contributed by atoms with Gasteiger partial charge in [-0.2, -0.15) is 0 Å². The molecule has 1 amide bonds. The molecule has 6 nitrogen and oxygen atoms in total. The molecule has 7 heteroatoms. The van der Waals surface area contributed by atoms with Crippen molar-refractivity contribution in [1.29, 1.82) is 0 Å². The molecule has 0 aliphatic heterocycles. The molecule has 3 rings (SSSR count). The van der Waals surface area contributed by atoms with Crippen LogP contribution in [-0.4, -0.2) is 30.9 Å². The molecule has 0 aliphatic carbocycles. The van der Waals surface area contributed by atoms with E-state index in [2.05, 4.69) is 5.32 Å². The highest BCUT2D eigenvalue weighted by molar-refractivity contribution is 7.84. The lowest BCUT2D eigenvalue weighted by Crippen LogP contribution is -2.25. The summed E-state index contributed by atoms with van der Waals surface area (Å²) in [5.74, 6) is 1.96. The van der Waals surface area contributed by atoms with Crippen LogP contribution in [0.25, 0.3) is 0 Å². The molecule has 0 saturated heterocycles. The van der Waals surface area contributed by atoms with Gasteiger partial charge in [0.2, 0.25) is 0 Å². The molecule has 1 N–H and O–H groups in total. The summed E-state index contributed by atoms with van der Waals surface area (Å²) in [5.41, 5.74) is 2.07. The van der Waals surface area contributed by atoms with Crippen LogP contribution in [-0.2, 0) is 23.0 Å². The molecule has 158 valence electrons. The summed E-state index contributed by atoms with van der Waals surface area (Å²) in [4.78, 5) is 13.1. The van der Waals surface area contributed by atoms with Gasteiger partial charge in [-0.15, -0.1) is 0 Å². The van der Waals surface area contributed by atoms with Crippen molar-refractivity contribution in [2.24, 2.45) is 0 Å². The number of carbonyl (C=O) groups is 1. The van der Waals surface area contributed by atoms with E-state index >= 15 is 0 Å². The third kappa shape index (κ3) is 5.51. The van der Waals surface area contributed by atoms with E-state index in [1.165, 1.54) is 0 Å². The van der Waals surface area contributed by atoms with Crippen LogP contribution in [0.15, 0.2) is 63.9 Å². The van der Waals surface area contributed by atoms with Gasteiger partial charge >= 0.3 is 0 Å². The zero-order chi connectivity index (χ0) is 21.5. The van der Waals surface area contributed by atoms with Gasteiger partial charge in [0.05, 0.1) is 30.8 Å². The van der Waals surface area contributed by atoms with Crippen molar-refractivity contribution in [2.45, 2.75) is 24.0 Å². The van der Waals surface area contributed by atoms with Crippen molar-refractivity contribution in [2.75, 3.05) is 20.8 Å². The first-order valence-corrected chi connectivity index (χ1v) is 10.8. The van der Waals surface area contributed by atoms with Gasteiger partial charge in [-0.1, -0.05) is 18.2 Å². The molecule has 1 heterocycles. The predicted molar refractivity (Wildman–Crippen MR) is 116 cm³/mol. The number of hydrogen-bond acceptors (Lipinski definition) is 5. The number of benzene rings is 2. The molecule has 0 spiro atoms. The van der Waals surface area contributed by atoms with E-state index in [0.717, 1.165) is 16.0 Å². The Kier molecular flexibility index (Phi) is 7.30. The Balaban J connectivity index is 1.53. The Labute approximate surface area is 178 Å². The normalized spacial score (nSPS) is 11.7. The largest absolute Gasteiger partial charge is 0.493 e. The molecule has 0 fully saturated rings. The minimum atomic E-state index is -1.23. The number of hydrogen-bond donors (Lipinski definition) is 1. The van der Waals surface area contributed by atoms with E-state index in [1.54, 1.807) is 26.4 Å². The molecule has 30 heavy (non-hydrogen) atoms. The molecule has 0 saturated carbocycles. The summed E-state index contributed by atoms with van der Waals surface area (Å²) < 4.78 is 28.6. The van der Waals surface area contributed by atoms with Gasteiger partial charge in [-0.3, -0.25) is 9.00 Å². The average molecular weight is 428 g/mol. The second-order valence-corrected chi connectivity index (χ2v) is 8.22. The lowest BCUT2D eigenvalue weighted by molar-refractivity contribution is 0.0925. The second kappa shape index (κ2) is 10.1. The third-order valence-corrected chi connectivity index (χ3v) is 5.88. The van der Waals surface area contributed by atoms with Crippen LogP contribution in [0, 0.1) is 6.92 Å². The Morgan fingerprint density at radius 2 is 1.83 bits per heavy atom. The van der Waals surface area contributed by atoms with E-state index in [0.29, 0.717) is 30.2 Å². The average Bonchev–Trinajstić information content (AvgIpc) is 3.22. The fourth-order valence-electron chi connectivity index (χ4n) is 2.99. The fraction of sp³-hybridized carbons (Fsp3) is 0.261. The third-order valence-electron chi connectivity index (χ3n) is 4.56. The maximum atomic E-state index is 12.5. The Morgan fingerprint density at radius 3 is 2.57 bits per heavy atom. The van der Waals surface area contributed by atoms with Crippen molar-refractivity contribution in [3.8, 4) is 11.5 Å². The van der Waals surface area contributed by atoms with Crippen molar-refractivity contribution < 1.29 is 22.9 Å². The number of carbonyl (C=O) groups excluding carboxylic acids is 1. The highest BCUT2D eigenvalue weighted by Gasteiger charge is 2.14. The SMILES string of the molecule is COc1ccc(CCNC(=O)c2ccc(C[S@](=O)c3cccc(C)c3)o2)cc1OC. The van der Waals surface area contributed by atoms with Crippen LogP contribution < -0.4 is 14.8 Å². The quantitative estimate of drug-likeness (QED) is 0.561. The van der Waals surface area contributed by atoms with Crippen molar-refractivity contribution >= 4 is 16.7 Å². The van der Waals surface area contributed by atoms with Crippen LogP contribution in [0.1, 0.15) is 27.4 Å². The summed E-state index contributed by atoms with van der Waals surface area (Å²) in [5, 5.41) is 2.84. The fourth-order valence-corrected chi connectivity index (χ4v) is 4.12. The summed E-state index contributed by atoms with van der Waals surface area (Å²) in [6.07, 6.45) is 0.636. The van der Waals surface area contributed by atoms with Crippen LogP contribution >= 0.6 is 0 Å². The molecule has 1 aromatic heterocycles. The van der Waals surface area contributed by atoms with E-state index in [4.69, 9.17) is 13.9 Å². The van der Waals surface area contributed by atoms with E-state index in [9.17, 15) is 9.00 Å². The van der Waals surface area contributed by atoms with Crippen LogP contribution in [0.3, 0.4) is 0 Å². The van der Waals surface area contributed by atoms with Crippen molar-refractivity contribution in [1.82, 2.24) is 5.32 Å². The van der Waals surface area contributed by atoms with E-state index < -0.39 is 10.8 Å². The van der Waals surface area contributed by atoms with Gasteiger partial charge < -0.3 is 19.2 Å². The van der Waals surface area contributed by atoms with Gasteiger partial charge in [-0.25, -0.2) is 0 Å². The number of furan rings is 1. The Hall–Kier alpha value is -3.06. The molecular formula is C23H25NO5S. The van der Waals surface area contributed by atoms with Crippen LogP contribution in [0.5, 0.6) is 11.5 Å². The van der Waals surface area contributed by atoms with Crippen molar-refractivity contribution in [3.63, 3.8) is 0 Å². The smallest absolute Gasteiger partial charge is 0.287 e. The molecule has 3 aromatic rings. The van der Waals surface area contributed by atoms with Crippen molar-refractivity contribution in [3.05, 3.63) is 77.2 Å². The standard InChI is InChI=1S/C23H25NO5S/c1-16-5-4-6-19(13-16)30(26)15-18-8-10-21(29-18)23(25)24-12-11-17-7-9-20(27-2)22(14-17)28-3/h4-10,13-14H,11-12,15H2,1-3H3,(H,24,25)/t30-/m0/s1. The van der Waals surface area contributed by atoms with E-state index in [-0.39, 0.29) is 17.4 Å². The molecule has 0 aliphatic rings. The summed E-state index contributed by atoms with van der Waals surface area (Å²) >= 11 is 0. The van der Waals surface area contributed by atoms with Gasteiger partial charge in [-0.05, 0) is 60.9 Å². The first kappa shape index (κ1) is 21.6. The molecule has 0 unspecified atom stereocenters. The van der Waals surface area contributed by atoms with Crippen LogP contribution in [0.2, 0.25) is 0 Å². The lowest BCUT2D eigenvalue weighted by Gasteiger charge is -2.09. The first-order chi connectivity index (χ1) is 14.5. The zero-order valence-corrected chi connectivity index (χ0v) is 18.1. The predicted octanol–water partition coefficient (Wildman–Crippen LogP) is 3.89. The zero-order valence-electron chi connectivity index (χ0n) is 17.3. The summed E-state index contributed by atoms with van der Waals surface area (Å²) in [7, 11) is 1.95. The molecule has 2 aromatic carbocycles. The number of rotatable bonds is 9. The highest BCUT2D eigenvalue weighted by Crippen LogP contribution is 2.27. The molecule has 0 radical (unpaired) electrons. The molecular weight excluding hydrogens is 402 g/mol. The molecule has 0 bridgehead atoms. The second-order valence-electron chi connectivity index (χ2n) is 6.77. The van der Waals surface area contributed by atoms with Gasteiger partial charge in [0, 0.05) is 11.4 Å². The maximum Gasteiger partial charge on any atom is 0.287 e. The number of ether oxygens (including phenoxy) is 2. The maximum absolute atomic E-state index is 12.5. The number of nitrogens with one attached hydrogen (secondary N) is 1. The monoisotopic (exact) mass is 427 g/mol. The highest BCUT2D eigenvalue weighted by atomic mass is 32.2. The van der Waals surface area contributed by atoms with E-state index in [1.807, 2.05) is 49.4 Å². The molecule has 1 atom stereocenters. The van der Waals surface area contributed by atoms with Gasteiger partial charge in [0.1, 0.15) is 5.76 Å². The first-order valence-electron chi connectivity index (χ1n) is 9.53. The Morgan fingerprint density at radius 1 is 1.03 bits per heavy atom. The summed E-state index contributed by atoms with van der Waals surface area (Å²) in [6.45, 7) is 2.40. The number of aryl methyl sites for hydroxylation is 1. The lowest BCUT2D eigenvalue weighted by atomic mass is 10.1.